The molecule has 0 unspecified atom stereocenters. The van der Waals surface area contributed by atoms with Gasteiger partial charge in [0.05, 0.1) is 11.0 Å². The van der Waals surface area contributed by atoms with E-state index in [1.165, 1.54) is 37.5 Å². The van der Waals surface area contributed by atoms with Crippen LogP contribution in [-0.4, -0.2) is 48.1 Å². The summed E-state index contributed by atoms with van der Waals surface area (Å²) in [6, 6.07) is 13.5. The number of nitrogens with one attached hydrogen (secondary N) is 2. The SMILES string of the molecule is Fc1cccc(-c2ccnc3nc(-c4n[nH]c5cc(F)c(-c6cncc(CN7CCCCC7)c6)cc45)[nH]c23)c1. The van der Waals surface area contributed by atoms with Gasteiger partial charge < -0.3 is 4.98 Å². The van der Waals surface area contributed by atoms with Gasteiger partial charge in [0.15, 0.2) is 11.5 Å². The number of hydrogen-bond donors (Lipinski definition) is 2. The molecule has 0 bridgehead atoms. The average molecular weight is 522 g/mol. The van der Waals surface area contributed by atoms with E-state index in [1.54, 1.807) is 24.5 Å². The molecule has 1 saturated heterocycles. The molecule has 0 amide bonds. The molecule has 39 heavy (non-hydrogen) atoms. The van der Waals surface area contributed by atoms with Crippen molar-refractivity contribution in [3.63, 3.8) is 0 Å². The van der Waals surface area contributed by atoms with E-state index in [1.807, 2.05) is 24.4 Å². The maximum atomic E-state index is 15.3. The van der Waals surface area contributed by atoms with Crippen molar-refractivity contribution in [2.24, 2.45) is 0 Å². The lowest BCUT2D eigenvalue weighted by Crippen LogP contribution is -2.29. The lowest BCUT2D eigenvalue weighted by molar-refractivity contribution is 0.220. The highest BCUT2D eigenvalue weighted by atomic mass is 19.1. The molecule has 1 aliphatic rings. The van der Waals surface area contributed by atoms with Crippen LogP contribution in [0.3, 0.4) is 0 Å². The molecule has 6 aromatic rings. The Morgan fingerprint density at radius 1 is 0.897 bits per heavy atom. The molecule has 4 aromatic heterocycles. The van der Waals surface area contributed by atoms with E-state index in [0.29, 0.717) is 39.3 Å². The van der Waals surface area contributed by atoms with Crippen LogP contribution in [0, 0.1) is 11.6 Å². The minimum Gasteiger partial charge on any atom is -0.335 e. The van der Waals surface area contributed by atoms with Crippen molar-refractivity contribution in [1.82, 2.24) is 35.0 Å². The molecule has 0 saturated carbocycles. The van der Waals surface area contributed by atoms with Gasteiger partial charge in [0, 0.05) is 53.3 Å². The van der Waals surface area contributed by atoms with Crippen molar-refractivity contribution < 1.29 is 8.78 Å². The van der Waals surface area contributed by atoms with Gasteiger partial charge in [-0.1, -0.05) is 18.6 Å². The number of rotatable bonds is 5. The maximum absolute atomic E-state index is 15.3. The number of likely N-dealkylation sites (tertiary alicyclic amines) is 1. The van der Waals surface area contributed by atoms with Gasteiger partial charge in [-0.15, -0.1) is 0 Å². The summed E-state index contributed by atoms with van der Waals surface area (Å²) in [5.74, 6) is -0.184. The first-order valence-corrected chi connectivity index (χ1v) is 13.1. The second kappa shape index (κ2) is 9.67. The molecular formula is C30H25F2N7. The number of imidazole rings is 1. The lowest BCUT2D eigenvalue weighted by atomic mass is 10.0. The van der Waals surface area contributed by atoms with Crippen molar-refractivity contribution in [3.05, 3.63) is 84.3 Å². The van der Waals surface area contributed by atoms with E-state index in [0.717, 1.165) is 41.7 Å². The molecular weight excluding hydrogens is 496 g/mol. The lowest BCUT2D eigenvalue weighted by Gasteiger charge is -2.26. The van der Waals surface area contributed by atoms with Gasteiger partial charge in [-0.25, -0.2) is 18.7 Å². The number of halogens is 2. The molecule has 9 heteroatoms. The Bertz CT molecular complexity index is 1820. The Hall–Kier alpha value is -4.50. The molecule has 7 nitrogen and oxygen atoms in total. The zero-order chi connectivity index (χ0) is 26.3. The number of pyridine rings is 2. The minimum absolute atomic E-state index is 0.320. The summed E-state index contributed by atoms with van der Waals surface area (Å²) in [7, 11) is 0. The Morgan fingerprint density at radius 3 is 2.67 bits per heavy atom. The van der Waals surface area contributed by atoms with Gasteiger partial charge in [0.1, 0.15) is 17.3 Å². The van der Waals surface area contributed by atoms with Crippen molar-refractivity contribution >= 4 is 22.1 Å². The van der Waals surface area contributed by atoms with E-state index >= 15 is 4.39 Å². The zero-order valence-electron chi connectivity index (χ0n) is 21.1. The van der Waals surface area contributed by atoms with Crippen LogP contribution in [0.25, 0.3) is 55.8 Å². The molecule has 5 heterocycles. The van der Waals surface area contributed by atoms with Crippen molar-refractivity contribution in [3.8, 4) is 33.8 Å². The number of fused-ring (bicyclic) bond motifs is 2. The predicted octanol–water partition coefficient (Wildman–Crippen LogP) is 6.49. The zero-order valence-corrected chi connectivity index (χ0v) is 21.1. The first-order valence-electron chi connectivity index (χ1n) is 13.1. The summed E-state index contributed by atoms with van der Waals surface area (Å²) in [4.78, 5) is 19.2. The highest BCUT2D eigenvalue weighted by molar-refractivity contribution is 5.97. The molecule has 0 radical (unpaired) electrons. The number of aromatic nitrogens is 6. The Labute approximate surface area is 223 Å². The van der Waals surface area contributed by atoms with Gasteiger partial charge in [0.2, 0.25) is 0 Å². The summed E-state index contributed by atoms with van der Waals surface area (Å²) < 4.78 is 29.2. The first kappa shape index (κ1) is 23.6. The summed E-state index contributed by atoms with van der Waals surface area (Å²) in [5.41, 5.74) is 5.99. The second-order valence-electron chi connectivity index (χ2n) is 10.0. The van der Waals surface area contributed by atoms with Gasteiger partial charge >= 0.3 is 0 Å². The third kappa shape index (κ3) is 4.44. The summed E-state index contributed by atoms with van der Waals surface area (Å²) in [6.45, 7) is 2.97. The molecule has 194 valence electrons. The van der Waals surface area contributed by atoms with E-state index in [-0.39, 0.29) is 11.6 Å². The third-order valence-corrected chi connectivity index (χ3v) is 7.36. The maximum Gasteiger partial charge on any atom is 0.178 e. The van der Waals surface area contributed by atoms with Crippen LogP contribution < -0.4 is 0 Å². The van der Waals surface area contributed by atoms with Gasteiger partial charge in [0.25, 0.3) is 0 Å². The molecule has 2 N–H and O–H groups in total. The van der Waals surface area contributed by atoms with Crippen molar-refractivity contribution in [1.29, 1.82) is 0 Å². The quantitative estimate of drug-likeness (QED) is 0.271. The molecule has 7 rings (SSSR count). The van der Waals surface area contributed by atoms with Crippen LogP contribution >= 0.6 is 0 Å². The fourth-order valence-electron chi connectivity index (χ4n) is 5.46. The van der Waals surface area contributed by atoms with Crippen LogP contribution in [0.4, 0.5) is 8.78 Å². The number of aromatic amines is 2. The van der Waals surface area contributed by atoms with Crippen molar-refractivity contribution in [2.45, 2.75) is 25.8 Å². The Morgan fingerprint density at radius 2 is 1.79 bits per heavy atom. The normalized spacial score (nSPS) is 14.4. The summed E-state index contributed by atoms with van der Waals surface area (Å²) in [5, 5.41) is 8.10. The fraction of sp³-hybridized carbons (Fsp3) is 0.200. The van der Waals surface area contributed by atoms with Crippen LogP contribution in [0.5, 0.6) is 0 Å². The largest absolute Gasteiger partial charge is 0.335 e. The summed E-state index contributed by atoms with van der Waals surface area (Å²) in [6.07, 6.45) is 8.90. The minimum atomic E-state index is -0.353. The number of H-pyrrole nitrogens is 2. The van der Waals surface area contributed by atoms with Gasteiger partial charge in [-0.2, -0.15) is 5.10 Å². The predicted molar refractivity (Wildman–Crippen MR) is 147 cm³/mol. The smallest absolute Gasteiger partial charge is 0.178 e. The van der Waals surface area contributed by atoms with Crippen LogP contribution in [0.1, 0.15) is 24.8 Å². The third-order valence-electron chi connectivity index (χ3n) is 7.36. The monoisotopic (exact) mass is 521 g/mol. The molecule has 2 aromatic carbocycles. The van der Waals surface area contributed by atoms with Crippen LogP contribution in [-0.2, 0) is 6.54 Å². The first-order chi connectivity index (χ1) is 19.1. The fourth-order valence-corrected chi connectivity index (χ4v) is 5.46. The Balaban J connectivity index is 1.28. The van der Waals surface area contributed by atoms with Crippen molar-refractivity contribution in [2.75, 3.05) is 13.1 Å². The van der Waals surface area contributed by atoms with E-state index in [9.17, 15) is 4.39 Å². The van der Waals surface area contributed by atoms with E-state index in [4.69, 9.17) is 0 Å². The number of benzene rings is 2. The van der Waals surface area contributed by atoms with Gasteiger partial charge in [-0.3, -0.25) is 15.0 Å². The standard InChI is InChI=1S/C30H25F2N7/c31-21-6-4-5-19(12-21)22-7-8-34-29-27(22)35-30(36-29)28-24-13-23(25(32)14-26(24)37-38-28)20-11-18(15-33-16-20)17-39-9-2-1-3-10-39/h4-8,11-16H,1-3,9-10,17H2,(H,37,38)(H,34,35,36). The van der Waals surface area contributed by atoms with E-state index < -0.39 is 0 Å². The number of nitrogens with zero attached hydrogens (tertiary/aromatic N) is 5. The Kier molecular flexibility index (Phi) is 5.85. The van der Waals surface area contributed by atoms with Crippen LogP contribution in [0.2, 0.25) is 0 Å². The number of hydrogen-bond acceptors (Lipinski definition) is 5. The highest BCUT2D eigenvalue weighted by Crippen LogP contribution is 2.34. The van der Waals surface area contributed by atoms with Gasteiger partial charge in [-0.05, 0) is 67.4 Å². The average Bonchev–Trinajstić information content (AvgIpc) is 3.57. The molecule has 1 fully saturated rings. The molecule has 0 spiro atoms. The highest BCUT2D eigenvalue weighted by Gasteiger charge is 2.19. The topological polar surface area (TPSA) is 86.4 Å². The van der Waals surface area contributed by atoms with E-state index in [2.05, 4.69) is 35.0 Å². The molecule has 1 aliphatic heterocycles. The second-order valence-corrected chi connectivity index (χ2v) is 10.0. The number of piperidine rings is 1. The molecule has 0 atom stereocenters. The summed E-state index contributed by atoms with van der Waals surface area (Å²) >= 11 is 0. The van der Waals surface area contributed by atoms with Crippen LogP contribution in [0.15, 0.2) is 67.1 Å². The molecule has 0 aliphatic carbocycles.